The third-order valence-corrected chi connectivity index (χ3v) is 4.66. The first-order valence-corrected chi connectivity index (χ1v) is 7.03. The zero-order valence-corrected chi connectivity index (χ0v) is 11.6. The van der Waals surface area contributed by atoms with Crippen LogP contribution in [0.4, 0.5) is 0 Å². The fraction of sp³-hybridized carbons (Fsp3) is 0.312. The SMILES string of the molecule is Cc1nc(O)c2c3c1Cc1c(ccc(O)c1O)C3CNC2. The van der Waals surface area contributed by atoms with Crippen LogP contribution in [0.2, 0.25) is 0 Å². The van der Waals surface area contributed by atoms with Crippen LogP contribution < -0.4 is 5.32 Å². The maximum Gasteiger partial charge on any atom is 0.215 e. The lowest BCUT2D eigenvalue weighted by Crippen LogP contribution is -2.33. The Kier molecular flexibility index (Phi) is 2.44. The number of aromatic hydroxyl groups is 3. The minimum absolute atomic E-state index is 0.0438. The summed E-state index contributed by atoms with van der Waals surface area (Å²) in [5.74, 6) is 0.0323. The highest BCUT2D eigenvalue weighted by molar-refractivity contribution is 5.62. The number of pyridine rings is 1. The first kappa shape index (κ1) is 12.5. The van der Waals surface area contributed by atoms with Crippen molar-refractivity contribution in [3.63, 3.8) is 0 Å². The highest BCUT2D eigenvalue weighted by Gasteiger charge is 2.35. The summed E-state index contributed by atoms with van der Waals surface area (Å²) in [6.07, 6.45) is 0.535. The maximum absolute atomic E-state index is 10.2. The molecule has 0 saturated carbocycles. The zero-order chi connectivity index (χ0) is 14.7. The third kappa shape index (κ3) is 1.58. The Balaban J connectivity index is 2.03. The molecule has 1 unspecified atom stereocenters. The number of nitrogens with one attached hydrogen (secondary N) is 1. The van der Waals surface area contributed by atoms with E-state index >= 15 is 0 Å². The Hall–Kier alpha value is -2.27. The Morgan fingerprint density at radius 2 is 1.95 bits per heavy atom. The average Bonchev–Trinajstić information content (AvgIpc) is 2.48. The number of hydrogen-bond donors (Lipinski definition) is 4. The lowest BCUT2D eigenvalue weighted by atomic mass is 9.74. The molecule has 0 radical (unpaired) electrons. The van der Waals surface area contributed by atoms with E-state index in [4.69, 9.17) is 0 Å². The average molecular weight is 284 g/mol. The van der Waals surface area contributed by atoms with Crippen LogP contribution in [-0.4, -0.2) is 26.8 Å². The van der Waals surface area contributed by atoms with Gasteiger partial charge in [0, 0.05) is 42.2 Å². The first-order valence-electron chi connectivity index (χ1n) is 7.03. The number of phenolic OH excluding ortho intramolecular Hbond substituents is 2. The molecule has 5 heteroatoms. The third-order valence-electron chi connectivity index (χ3n) is 4.66. The second-order valence-corrected chi connectivity index (χ2v) is 5.75. The largest absolute Gasteiger partial charge is 0.504 e. The smallest absolute Gasteiger partial charge is 0.215 e. The van der Waals surface area contributed by atoms with Crippen LogP contribution in [0.3, 0.4) is 0 Å². The molecular formula is C16H16N2O3. The van der Waals surface area contributed by atoms with Crippen molar-refractivity contribution in [2.75, 3.05) is 6.54 Å². The summed E-state index contributed by atoms with van der Waals surface area (Å²) in [7, 11) is 0. The van der Waals surface area contributed by atoms with Gasteiger partial charge in [0.1, 0.15) is 0 Å². The van der Waals surface area contributed by atoms with E-state index in [1.54, 1.807) is 0 Å². The highest BCUT2D eigenvalue weighted by Crippen LogP contribution is 2.47. The summed E-state index contributed by atoms with van der Waals surface area (Å²) >= 11 is 0. The van der Waals surface area contributed by atoms with Crippen molar-refractivity contribution in [1.82, 2.24) is 10.3 Å². The van der Waals surface area contributed by atoms with Crippen molar-refractivity contribution in [2.45, 2.75) is 25.8 Å². The van der Waals surface area contributed by atoms with Gasteiger partial charge in [-0.1, -0.05) is 6.07 Å². The first-order chi connectivity index (χ1) is 10.1. The van der Waals surface area contributed by atoms with Crippen LogP contribution in [0.25, 0.3) is 0 Å². The number of hydrogen-bond acceptors (Lipinski definition) is 5. The van der Waals surface area contributed by atoms with Crippen molar-refractivity contribution in [3.05, 3.63) is 45.6 Å². The number of benzene rings is 1. The second kappa shape index (κ2) is 4.11. The summed E-state index contributed by atoms with van der Waals surface area (Å²) in [5, 5.41) is 33.3. The summed E-state index contributed by atoms with van der Waals surface area (Å²) in [6.45, 7) is 3.23. The van der Waals surface area contributed by atoms with E-state index in [1.165, 1.54) is 6.07 Å². The monoisotopic (exact) mass is 284 g/mol. The van der Waals surface area contributed by atoms with Gasteiger partial charge in [-0.25, -0.2) is 4.98 Å². The van der Waals surface area contributed by atoms with Gasteiger partial charge < -0.3 is 20.6 Å². The lowest BCUT2D eigenvalue weighted by molar-refractivity contribution is 0.396. The van der Waals surface area contributed by atoms with Gasteiger partial charge in [0.2, 0.25) is 5.88 Å². The molecule has 5 nitrogen and oxygen atoms in total. The van der Waals surface area contributed by atoms with Crippen molar-refractivity contribution in [3.8, 4) is 17.4 Å². The van der Waals surface area contributed by atoms with Gasteiger partial charge in [-0.05, 0) is 29.7 Å². The summed E-state index contributed by atoms with van der Waals surface area (Å²) in [6, 6.07) is 3.39. The van der Waals surface area contributed by atoms with Crippen LogP contribution >= 0.6 is 0 Å². The van der Waals surface area contributed by atoms with Gasteiger partial charge in [-0.15, -0.1) is 0 Å². The van der Waals surface area contributed by atoms with Crippen molar-refractivity contribution < 1.29 is 15.3 Å². The summed E-state index contributed by atoms with van der Waals surface area (Å²) < 4.78 is 0. The number of phenols is 2. The van der Waals surface area contributed by atoms with Crippen LogP contribution in [-0.2, 0) is 13.0 Å². The van der Waals surface area contributed by atoms with Gasteiger partial charge in [-0.3, -0.25) is 0 Å². The van der Waals surface area contributed by atoms with E-state index in [0.717, 1.165) is 40.1 Å². The zero-order valence-electron chi connectivity index (χ0n) is 11.6. The number of nitrogens with zero attached hydrogens (tertiary/aromatic N) is 1. The molecule has 4 rings (SSSR count). The Morgan fingerprint density at radius 1 is 1.14 bits per heavy atom. The van der Waals surface area contributed by atoms with E-state index in [0.29, 0.717) is 13.0 Å². The Bertz CT molecular complexity index is 771. The molecule has 1 aromatic carbocycles. The minimum atomic E-state index is -0.0921. The number of aromatic nitrogens is 1. The normalized spacial score (nSPS) is 19.0. The molecule has 2 aromatic rings. The lowest BCUT2D eigenvalue weighted by Gasteiger charge is -2.35. The van der Waals surface area contributed by atoms with Crippen LogP contribution in [0.1, 0.15) is 39.4 Å². The van der Waals surface area contributed by atoms with E-state index in [9.17, 15) is 15.3 Å². The fourth-order valence-electron chi connectivity index (χ4n) is 3.65. The molecule has 2 heterocycles. The molecule has 108 valence electrons. The van der Waals surface area contributed by atoms with Crippen LogP contribution in [0.15, 0.2) is 12.1 Å². The molecule has 1 aliphatic carbocycles. The van der Waals surface area contributed by atoms with Crippen molar-refractivity contribution in [2.24, 2.45) is 0 Å². The maximum atomic E-state index is 10.2. The van der Waals surface area contributed by atoms with Crippen molar-refractivity contribution >= 4 is 0 Å². The molecule has 0 fully saturated rings. The quantitative estimate of drug-likeness (QED) is 0.553. The molecule has 1 aromatic heterocycles. The topological polar surface area (TPSA) is 85.6 Å². The van der Waals surface area contributed by atoms with Crippen LogP contribution in [0.5, 0.6) is 17.4 Å². The molecule has 1 aliphatic heterocycles. The molecule has 2 aliphatic rings. The number of fused-ring (bicyclic) bond motifs is 2. The minimum Gasteiger partial charge on any atom is -0.504 e. The molecule has 0 spiro atoms. The van der Waals surface area contributed by atoms with E-state index in [1.807, 2.05) is 13.0 Å². The summed E-state index contributed by atoms with van der Waals surface area (Å²) in [4.78, 5) is 4.22. The Labute approximate surface area is 121 Å². The number of rotatable bonds is 0. The van der Waals surface area contributed by atoms with E-state index in [2.05, 4.69) is 10.3 Å². The molecular weight excluding hydrogens is 268 g/mol. The van der Waals surface area contributed by atoms with Gasteiger partial charge in [-0.2, -0.15) is 0 Å². The molecule has 0 amide bonds. The van der Waals surface area contributed by atoms with Gasteiger partial charge >= 0.3 is 0 Å². The van der Waals surface area contributed by atoms with Gasteiger partial charge in [0.15, 0.2) is 11.5 Å². The molecule has 1 atom stereocenters. The van der Waals surface area contributed by atoms with Gasteiger partial charge in [0.25, 0.3) is 0 Å². The second-order valence-electron chi connectivity index (χ2n) is 5.75. The predicted octanol–water partition coefficient (Wildman–Crippen LogP) is 1.65. The van der Waals surface area contributed by atoms with Crippen LogP contribution in [0, 0.1) is 6.92 Å². The predicted molar refractivity (Wildman–Crippen MR) is 76.8 cm³/mol. The van der Waals surface area contributed by atoms with Crippen molar-refractivity contribution in [1.29, 1.82) is 0 Å². The molecule has 21 heavy (non-hydrogen) atoms. The van der Waals surface area contributed by atoms with Gasteiger partial charge in [0.05, 0.1) is 0 Å². The number of aryl methyl sites for hydroxylation is 1. The van der Waals surface area contributed by atoms with E-state index < -0.39 is 0 Å². The standard InChI is InChI=1S/C16H16N2O3/c1-7-9-4-10-8(2-3-13(19)15(10)20)11-5-17-6-12(14(9)11)16(21)18-7/h2-3,11,17,19-20H,4-6H2,1H3,(H,18,21). The summed E-state index contributed by atoms with van der Waals surface area (Å²) in [5.41, 5.74) is 5.60. The Morgan fingerprint density at radius 3 is 2.76 bits per heavy atom. The van der Waals surface area contributed by atoms with E-state index in [-0.39, 0.29) is 23.3 Å². The molecule has 0 saturated heterocycles. The molecule has 4 N–H and O–H groups in total. The fourth-order valence-corrected chi connectivity index (χ4v) is 3.65. The molecule has 0 bridgehead atoms. The highest BCUT2D eigenvalue weighted by atomic mass is 16.3.